The summed E-state index contributed by atoms with van der Waals surface area (Å²) < 4.78 is 5.67. The molecule has 0 N–H and O–H groups in total. The van der Waals surface area contributed by atoms with E-state index >= 15 is 0 Å². The van der Waals surface area contributed by atoms with Crippen LogP contribution in [-0.4, -0.2) is 67.6 Å². The third-order valence-electron chi connectivity index (χ3n) is 7.18. The molecular formula is C28H31ClN4O2. The Morgan fingerprint density at radius 3 is 2.49 bits per heavy atom. The van der Waals surface area contributed by atoms with Crippen molar-refractivity contribution >= 4 is 23.2 Å². The number of rotatable bonds is 4. The van der Waals surface area contributed by atoms with E-state index in [4.69, 9.17) is 16.3 Å². The lowest BCUT2D eigenvalue weighted by Gasteiger charge is -2.38. The normalized spacial score (nSPS) is 16.2. The molecule has 2 aliphatic heterocycles. The molecular weight excluding hydrogens is 460 g/mol. The van der Waals surface area contributed by atoms with E-state index in [0.29, 0.717) is 23.8 Å². The van der Waals surface area contributed by atoms with E-state index in [1.165, 1.54) is 16.8 Å². The molecule has 2 aliphatic rings. The summed E-state index contributed by atoms with van der Waals surface area (Å²) in [5.74, 6) is 0.868. The molecule has 1 amide bonds. The molecule has 2 aromatic carbocycles. The number of carbonyl (C=O) groups excluding carboxylic acids is 1. The SMILES string of the molecule is COc1ccc(N2CCN(C)CC2)c2c1CCN(C(=O)c1ccc(-c3ccc(Cl)cc3C)cn1)C2. The van der Waals surface area contributed by atoms with E-state index in [2.05, 4.69) is 34.0 Å². The van der Waals surface area contributed by atoms with Gasteiger partial charge in [-0.15, -0.1) is 0 Å². The predicted molar refractivity (Wildman–Crippen MR) is 141 cm³/mol. The van der Waals surface area contributed by atoms with Gasteiger partial charge in [0.2, 0.25) is 0 Å². The van der Waals surface area contributed by atoms with Crippen LogP contribution in [0.2, 0.25) is 5.02 Å². The number of anilines is 1. The van der Waals surface area contributed by atoms with Crippen LogP contribution >= 0.6 is 11.6 Å². The summed E-state index contributed by atoms with van der Waals surface area (Å²) in [6, 6.07) is 13.8. The van der Waals surface area contributed by atoms with Gasteiger partial charge in [-0.3, -0.25) is 9.78 Å². The number of carbonyl (C=O) groups is 1. The highest BCUT2D eigenvalue weighted by atomic mass is 35.5. The lowest BCUT2D eigenvalue weighted by Crippen LogP contribution is -2.45. The molecule has 0 bridgehead atoms. The van der Waals surface area contributed by atoms with E-state index < -0.39 is 0 Å². The quantitative estimate of drug-likeness (QED) is 0.532. The van der Waals surface area contributed by atoms with Crippen LogP contribution in [0.15, 0.2) is 48.7 Å². The van der Waals surface area contributed by atoms with Crippen molar-refractivity contribution in [3.63, 3.8) is 0 Å². The van der Waals surface area contributed by atoms with Crippen molar-refractivity contribution in [2.24, 2.45) is 0 Å². The third kappa shape index (κ3) is 4.73. The molecule has 1 saturated heterocycles. The topological polar surface area (TPSA) is 48.9 Å². The maximum absolute atomic E-state index is 13.4. The van der Waals surface area contributed by atoms with Gasteiger partial charge < -0.3 is 19.4 Å². The number of hydrogen-bond acceptors (Lipinski definition) is 5. The number of piperazine rings is 1. The first-order valence-corrected chi connectivity index (χ1v) is 12.5. The Hall–Kier alpha value is -3.09. The Balaban J connectivity index is 1.39. The highest BCUT2D eigenvalue weighted by Gasteiger charge is 2.29. The number of fused-ring (bicyclic) bond motifs is 1. The molecule has 0 radical (unpaired) electrons. The molecule has 0 spiro atoms. The molecule has 0 aliphatic carbocycles. The van der Waals surface area contributed by atoms with Gasteiger partial charge in [-0.25, -0.2) is 0 Å². The molecule has 3 aromatic rings. The van der Waals surface area contributed by atoms with Crippen LogP contribution < -0.4 is 9.64 Å². The summed E-state index contributed by atoms with van der Waals surface area (Å²) in [4.78, 5) is 24.7. The van der Waals surface area contributed by atoms with Crippen molar-refractivity contribution in [3.8, 4) is 16.9 Å². The van der Waals surface area contributed by atoms with Crippen molar-refractivity contribution in [1.29, 1.82) is 0 Å². The van der Waals surface area contributed by atoms with Gasteiger partial charge in [0.15, 0.2) is 0 Å². The van der Waals surface area contributed by atoms with Gasteiger partial charge >= 0.3 is 0 Å². The molecule has 182 valence electrons. The fraction of sp³-hybridized carbons (Fsp3) is 0.357. The second-order valence-corrected chi connectivity index (χ2v) is 9.84. The predicted octanol–water partition coefficient (Wildman–Crippen LogP) is 4.67. The highest BCUT2D eigenvalue weighted by molar-refractivity contribution is 6.30. The van der Waals surface area contributed by atoms with Crippen molar-refractivity contribution in [2.45, 2.75) is 19.9 Å². The van der Waals surface area contributed by atoms with Crippen LogP contribution in [-0.2, 0) is 13.0 Å². The smallest absolute Gasteiger partial charge is 0.272 e. The number of ether oxygens (including phenoxy) is 1. The third-order valence-corrected chi connectivity index (χ3v) is 7.41. The Bertz CT molecular complexity index is 1240. The van der Waals surface area contributed by atoms with E-state index in [0.717, 1.165) is 55.0 Å². The lowest BCUT2D eigenvalue weighted by molar-refractivity contribution is 0.0728. The molecule has 1 fully saturated rings. The van der Waals surface area contributed by atoms with Crippen LogP contribution in [0.4, 0.5) is 5.69 Å². The summed E-state index contributed by atoms with van der Waals surface area (Å²) in [5, 5.41) is 0.712. The number of methoxy groups -OCH3 is 1. The van der Waals surface area contributed by atoms with E-state index in [1.807, 2.05) is 42.2 Å². The fourth-order valence-corrected chi connectivity index (χ4v) is 5.35. The first-order valence-electron chi connectivity index (χ1n) is 12.1. The number of nitrogens with zero attached hydrogens (tertiary/aromatic N) is 4. The molecule has 7 heteroatoms. The largest absolute Gasteiger partial charge is 0.496 e. The molecule has 0 atom stereocenters. The van der Waals surface area contributed by atoms with Gasteiger partial charge in [-0.05, 0) is 61.9 Å². The number of likely N-dealkylation sites (N-methyl/N-ethyl adjacent to an activating group) is 1. The van der Waals surface area contributed by atoms with Crippen LogP contribution in [0.1, 0.15) is 27.2 Å². The van der Waals surface area contributed by atoms with Crippen molar-refractivity contribution in [2.75, 3.05) is 51.8 Å². The molecule has 5 rings (SSSR count). The van der Waals surface area contributed by atoms with Crippen LogP contribution in [0.25, 0.3) is 11.1 Å². The summed E-state index contributed by atoms with van der Waals surface area (Å²) in [7, 11) is 3.88. The van der Waals surface area contributed by atoms with Gasteiger partial charge in [0.05, 0.1) is 7.11 Å². The van der Waals surface area contributed by atoms with Gasteiger partial charge in [0, 0.05) is 72.9 Å². The summed E-state index contributed by atoms with van der Waals surface area (Å²) in [6.07, 6.45) is 2.55. The second kappa shape index (κ2) is 9.88. The molecule has 3 heterocycles. The Kier molecular flexibility index (Phi) is 6.67. The van der Waals surface area contributed by atoms with Crippen molar-refractivity contribution < 1.29 is 9.53 Å². The first-order chi connectivity index (χ1) is 16.9. The van der Waals surface area contributed by atoms with E-state index in [1.54, 1.807) is 13.3 Å². The summed E-state index contributed by atoms with van der Waals surface area (Å²) in [5.41, 5.74) is 7.21. The molecule has 0 saturated carbocycles. The van der Waals surface area contributed by atoms with Crippen molar-refractivity contribution in [1.82, 2.24) is 14.8 Å². The Labute approximate surface area is 212 Å². The number of aryl methyl sites for hydroxylation is 1. The minimum absolute atomic E-state index is 0.0397. The average molecular weight is 491 g/mol. The number of halogens is 1. The molecule has 35 heavy (non-hydrogen) atoms. The molecule has 1 aromatic heterocycles. The zero-order valence-corrected chi connectivity index (χ0v) is 21.3. The summed E-state index contributed by atoms with van der Waals surface area (Å²) >= 11 is 6.10. The number of aromatic nitrogens is 1. The second-order valence-electron chi connectivity index (χ2n) is 9.40. The minimum atomic E-state index is -0.0397. The zero-order chi connectivity index (χ0) is 24.5. The van der Waals surface area contributed by atoms with Crippen LogP contribution in [0.3, 0.4) is 0 Å². The van der Waals surface area contributed by atoms with E-state index in [-0.39, 0.29) is 5.91 Å². The number of amides is 1. The number of hydrogen-bond donors (Lipinski definition) is 0. The molecule has 0 unspecified atom stereocenters. The number of pyridine rings is 1. The fourth-order valence-electron chi connectivity index (χ4n) is 5.13. The van der Waals surface area contributed by atoms with Gasteiger partial charge in [-0.2, -0.15) is 0 Å². The monoisotopic (exact) mass is 490 g/mol. The number of benzene rings is 2. The van der Waals surface area contributed by atoms with Gasteiger partial charge in [-0.1, -0.05) is 23.7 Å². The van der Waals surface area contributed by atoms with Crippen LogP contribution in [0, 0.1) is 6.92 Å². The summed E-state index contributed by atoms with van der Waals surface area (Å²) in [6.45, 7) is 7.27. The van der Waals surface area contributed by atoms with Crippen molar-refractivity contribution in [3.05, 3.63) is 76.1 Å². The Morgan fingerprint density at radius 2 is 1.80 bits per heavy atom. The molecule has 6 nitrogen and oxygen atoms in total. The maximum atomic E-state index is 13.4. The zero-order valence-electron chi connectivity index (χ0n) is 20.6. The average Bonchev–Trinajstić information content (AvgIpc) is 2.88. The van der Waals surface area contributed by atoms with Gasteiger partial charge in [0.25, 0.3) is 5.91 Å². The van der Waals surface area contributed by atoms with Crippen LogP contribution in [0.5, 0.6) is 5.75 Å². The standard InChI is InChI=1S/C28H31ClN4O2/c1-19-16-21(29)5-6-22(19)20-4-7-25(30-17-20)28(34)33-11-10-23-24(18-33)26(8-9-27(23)35-3)32-14-12-31(2)13-15-32/h4-9,16-17H,10-15,18H2,1-3H3. The highest BCUT2D eigenvalue weighted by Crippen LogP contribution is 2.36. The van der Waals surface area contributed by atoms with E-state index in [9.17, 15) is 4.79 Å². The van der Waals surface area contributed by atoms with Gasteiger partial charge in [0.1, 0.15) is 11.4 Å². The minimum Gasteiger partial charge on any atom is -0.496 e. The maximum Gasteiger partial charge on any atom is 0.272 e. The Morgan fingerprint density at radius 1 is 1.00 bits per heavy atom. The first kappa shape index (κ1) is 23.6. The lowest BCUT2D eigenvalue weighted by atomic mass is 9.95.